The Labute approximate surface area is 165 Å². The molecule has 0 aliphatic carbocycles. The number of carbonyl (C=O) groups excluding carboxylic acids is 1. The SMILES string of the molecule is O=C(COc1ccccc1-c1ccccc1)N/N=C\c1cccc(C(F)(F)F)c1. The van der Waals surface area contributed by atoms with Crippen LogP contribution in [0.2, 0.25) is 0 Å². The number of hydrazone groups is 1. The van der Waals surface area contributed by atoms with Crippen LogP contribution in [0.15, 0.2) is 84.0 Å². The summed E-state index contributed by atoms with van der Waals surface area (Å²) in [5.74, 6) is 0.00630. The number of alkyl halides is 3. The number of nitrogens with zero attached hydrogens (tertiary/aromatic N) is 1. The highest BCUT2D eigenvalue weighted by Crippen LogP contribution is 2.30. The molecule has 3 aromatic carbocycles. The third kappa shape index (κ3) is 5.68. The van der Waals surface area contributed by atoms with Gasteiger partial charge in [0.05, 0.1) is 11.8 Å². The van der Waals surface area contributed by atoms with Crippen molar-refractivity contribution in [3.05, 3.63) is 90.0 Å². The molecule has 1 N–H and O–H groups in total. The van der Waals surface area contributed by atoms with E-state index in [1.54, 1.807) is 12.1 Å². The summed E-state index contributed by atoms with van der Waals surface area (Å²) in [6.07, 6.45) is -3.29. The van der Waals surface area contributed by atoms with Gasteiger partial charge in [-0.25, -0.2) is 5.43 Å². The monoisotopic (exact) mass is 398 g/mol. The van der Waals surface area contributed by atoms with E-state index in [-0.39, 0.29) is 12.2 Å². The van der Waals surface area contributed by atoms with Gasteiger partial charge in [0, 0.05) is 5.56 Å². The van der Waals surface area contributed by atoms with Crippen molar-refractivity contribution in [2.45, 2.75) is 6.18 Å². The van der Waals surface area contributed by atoms with E-state index in [0.29, 0.717) is 5.75 Å². The van der Waals surface area contributed by atoms with Gasteiger partial charge >= 0.3 is 6.18 Å². The molecule has 3 aromatic rings. The van der Waals surface area contributed by atoms with E-state index in [2.05, 4.69) is 10.5 Å². The third-order valence-corrected chi connectivity index (χ3v) is 3.95. The maximum Gasteiger partial charge on any atom is 0.416 e. The van der Waals surface area contributed by atoms with Crippen LogP contribution in [0, 0.1) is 0 Å². The number of ether oxygens (including phenoxy) is 1. The lowest BCUT2D eigenvalue weighted by molar-refractivity contribution is -0.137. The lowest BCUT2D eigenvalue weighted by atomic mass is 10.1. The van der Waals surface area contributed by atoms with Gasteiger partial charge in [-0.05, 0) is 29.3 Å². The fraction of sp³-hybridized carbons (Fsp3) is 0.0909. The van der Waals surface area contributed by atoms with Crippen LogP contribution in [-0.4, -0.2) is 18.7 Å². The molecule has 148 valence electrons. The second-order valence-electron chi connectivity index (χ2n) is 6.07. The summed E-state index contributed by atoms with van der Waals surface area (Å²) in [5, 5.41) is 3.69. The van der Waals surface area contributed by atoms with Gasteiger partial charge in [-0.1, -0.05) is 60.7 Å². The zero-order chi connectivity index (χ0) is 20.7. The molecule has 3 rings (SSSR count). The van der Waals surface area contributed by atoms with Gasteiger partial charge in [0.15, 0.2) is 6.61 Å². The average Bonchev–Trinajstić information content (AvgIpc) is 2.73. The van der Waals surface area contributed by atoms with Gasteiger partial charge < -0.3 is 4.74 Å². The van der Waals surface area contributed by atoms with Crippen LogP contribution in [0.5, 0.6) is 5.75 Å². The molecule has 7 heteroatoms. The largest absolute Gasteiger partial charge is 0.483 e. The number of amides is 1. The maximum absolute atomic E-state index is 12.7. The standard InChI is InChI=1S/C22H17F3N2O2/c23-22(24,25)18-10-6-7-16(13-18)14-26-27-21(28)15-29-20-12-5-4-11-19(20)17-8-2-1-3-9-17/h1-14H,15H2,(H,27,28)/b26-14-. The number of hydrogen-bond donors (Lipinski definition) is 1. The van der Waals surface area contributed by atoms with E-state index in [9.17, 15) is 18.0 Å². The molecule has 0 spiro atoms. The highest BCUT2D eigenvalue weighted by molar-refractivity contribution is 5.83. The van der Waals surface area contributed by atoms with Crippen molar-refractivity contribution < 1.29 is 22.7 Å². The molecule has 0 fully saturated rings. The number of halogens is 3. The maximum atomic E-state index is 12.7. The Morgan fingerprint density at radius 3 is 2.45 bits per heavy atom. The van der Waals surface area contributed by atoms with Crippen LogP contribution in [0.25, 0.3) is 11.1 Å². The van der Waals surface area contributed by atoms with E-state index in [4.69, 9.17) is 4.74 Å². The van der Waals surface area contributed by atoms with Crippen LogP contribution in [0.4, 0.5) is 13.2 Å². The number of nitrogens with one attached hydrogen (secondary N) is 1. The van der Waals surface area contributed by atoms with E-state index in [0.717, 1.165) is 29.5 Å². The van der Waals surface area contributed by atoms with E-state index >= 15 is 0 Å². The van der Waals surface area contributed by atoms with Crippen LogP contribution < -0.4 is 10.2 Å². The number of rotatable bonds is 6. The van der Waals surface area contributed by atoms with Crippen molar-refractivity contribution in [3.63, 3.8) is 0 Å². The lowest BCUT2D eigenvalue weighted by Crippen LogP contribution is -2.24. The van der Waals surface area contributed by atoms with Crippen LogP contribution >= 0.6 is 0 Å². The normalized spacial score (nSPS) is 11.4. The molecular weight excluding hydrogens is 381 g/mol. The van der Waals surface area contributed by atoms with Gasteiger partial charge in [-0.15, -0.1) is 0 Å². The van der Waals surface area contributed by atoms with Crippen LogP contribution in [0.1, 0.15) is 11.1 Å². The Bertz CT molecular complexity index is 1000. The molecule has 4 nitrogen and oxygen atoms in total. The molecule has 0 atom stereocenters. The van der Waals surface area contributed by atoms with Crippen LogP contribution in [0.3, 0.4) is 0 Å². The lowest BCUT2D eigenvalue weighted by Gasteiger charge is -2.11. The minimum absolute atomic E-state index is 0.218. The second-order valence-corrected chi connectivity index (χ2v) is 6.07. The topological polar surface area (TPSA) is 50.7 Å². The van der Waals surface area contributed by atoms with Gasteiger partial charge in [0.2, 0.25) is 0 Å². The van der Waals surface area contributed by atoms with Gasteiger partial charge in [-0.3, -0.25) is 4.79 Å². The first-order valence-electron chi connectivity index (χ1n) is 8.70. The van der Waals surface area contributed by atoms with E-state index in [1.807, 2.05) is 42.5 Å². The third-order valence-electron chi connectivity index (χ3n) is 3.95. The minimum atomic E-state index is -4.44. The first-order valence-corrected chi connectivity index (χ1v) is 8.70. The molecule has 0 unspecified atom stereocenters. The predicted molar refractivity (Wildman–Crippen MR) is 105 cm³/mol. The molecular formula is C22H17F3N2O2. The predicted octanol–water partition coefficient (Wildman–Crippen LogP) is 4.90. The van der Waals surface area contributed by atoms with Crippen molar-refractivity contribution in [2.24, 2.45) is 5.10 Å². The Morgan fingerprint density at radius 1 is 0.966 bits per heavy atom. The highest BCUT2D eigenvalue weighted by Gasteiger charge is 2.30. The van der Waals surface area contributed by atoms with Gasteiger partial charge in [-0.2, -0.15) is 18.3 Å². The van der Waals surface area contributed by atoms with Crippen LogP contribution in [-0.2, 0) is 11.0 Å². The zero-order valence-electron chi connectivity index (χ0n) is 15.2. The first kappa shape index (κ1) is 20.1. The molecule has 0 heterocycles. The van der Waals surface area contributed by atoms with Crippen molar-refractivity contribution in [1.82, 2.24) is 5.43 Å². The van der Waals surface area contributed by atoms with Crippen molar-refractivity contribution in [3.8, 4) is 16.9 Å². The molecule has 0 aliphatic heterocycles. The smallest absolute Gasteiger partial charge is 0.416 e. The van der Waals surface area contributed by atoms with Crippen molar-refractivity contribution in [1.29, 1.82) is 0 Å². The zero-order valence-corrected chi connectivity index (χ0v) is 15.2. The summed E-state index contributed by atoms with van der Waals surface area (Å²) in [5.41, 5.74) is 3.47. The summed E-state index contributed by atoms with van der Waals surface area (Å²) in [6.45, 7) is -0.288. The summed E-state index contributed by atoms with van der Waals surface area (Å²) < 4.78 is 43.7. The summed E-state index contributed by atoms with van der Waals surface area (Å²) in [7, 11) is 0. The molecule has 0 saturated carbocycles. The minimum Gasteiger partial charge on any atom is -0.483 e. The quantitative estimate of drug-likeness (QED) is 0.474. The van der Waals surface area contributed by atoms with Gasteiger partial charge in [0.25, 0.3) is 5.91 Å². The molecule has 1 amide bonds. The number of hydrogen-bond acceptors (Lipinski definition) is 3. The van der Waals surface area contributed by atoms with Crippen molar-refractivity contribution >= 4 is 12.1 Å². The molecule has 29 heavy (non-hydrogen) atoms. The summed E-state index contributed by atoms with van der Waals surface area (Å²) in [6, 6.07) is 21.5. The Morgan fingerprint density at radius 2 is 1.69 bits per heavy atom. The average molecular weight is 398 g/mol. The Balaban J connectivity index is 1.58. The second kappa shape index (κ2) is 9.05. The molecule has 0 aliphatic rings. The van der Waals surface area contributed by atoms with Gasteiger partial charge in [0.1, 0.15) is 5.75 Å². The number of benzene rings is 3. The highest BCUT2D eigenvalue weighted by atomic mass is 19.4. The van der Waals surface area contributed by atoms with E-state index in [1.165, 1.54) is 12.1 Å². The fourth-order valence-electron chi connectivity index (χ4n) is 2.60. The summed E-state index contributed by atoms with van der Waals surface area (Å²) >= 11 is 0. The van der Waals surface area contributed by atoms with Crippen molar-refractivity contribution in [2.75, 3.05) is 6.61 Å². The van der Waals surface area contributed by atoms with E-state index < -0.39 is 17.6 Å². The first-order chi connectivity index (χ1) is 13.9. The molecule has 0 radical (unpaired) electrons. The number of carbonyl (C=O) groups is 1. The molecule has 0 aromatic heterocycles. The molecule has 0 saturated heterocycles. The molecule has 0 bridgehead atoms. The fourth-order valence-corrected chi connectivity index (χ4v) is 2.60. The Hall–Kier alpha value is -3.61. The number of para-hydroxylation sites is 1. The Kier molecular flexibility index (Phi) is 6.29. The summed E-state index contributed by atoms with van der Waals surface area (Å²) in [4.78, 5) is 12.0.